The summed E-state index contributed by atoms with van der Waals surface area (Å²) in [5.74, 6) is 0.720. The van der Waals surface area contributed by atoms with Crippen molar-refractivity contribution in [1.29, 1.82) is 0 Å². The standard InChI is InChI=1S/C21H21N3O/c1-3-6-17-13-20(25)24-19-8-5-4-7-18(19)23(21(24)22-17)14-16-11-9-15(2)10-12-16/h4-5,7-13H,3,6,14H2,1-2H3. The molecule has 0 spiro atoms. The Morgan fingerprint density at radius 1 is 1.00 bits per heavy atom. The minimum atomic E-state index is -0.00712. The molecule has 0 saturated heterocycles. The first-order valence-corrected chi connectivity index (χ1v) is 8.73. The monoisotopic (exact) mass is 331 g/mol. The molecule has 4 rings (SSSR count). The Hall–Kier alpha value is -2.88. The molecule has 0 fully saturated rings. The number of nitrogens with zero attached hydrogens (tertiary/aromatic N) is 3. The van der Waals surface area contributed by atoms with E-state index in [1.54, 1.807) is 10.5 Å². The Balaban J connectivity index is 1.99. The quantitative estimate of drug-likeness (QED) is 0.568. The second kappa shape index (κ2) is 6.20. The smallest absolute Gasteiger partial charge is 0.259 e. The van der Waals surface area contributed by atoms with Gasteiger partial charge in [0.1, 0.15) is 0 Å². The third-order valence-electron chi connectivity index (χ3n) is 4.58. The highest BCUT2D eigenvalue weighted by Gasteiger charge is 2.14. The number of benzene rings is 2. The van der Waals surface area contributed by atoms with Crippen LogP contribution in [-0.4, -0.2) is 14.0 Å². The van der Waals surface area contributed by atoms with Gasteiger partial charge in [-0.15, -0.1) is 0 Å². The van der Waals surface area contributed by atoms with E-state index in [2.05, 4.69) is 48.7 Å². The molecule has 0 bridgehead atoms. The Labute approximate surface area is 146 Å². The predicted molar refractivity (Wildman–Crippen MR) is 101 cm³/mol. The fraction of sp³-hybridized carbons (Fsp3) is 0.238. The van der Waals surface area contributed by atoms with Gasteiger partial charge in [-0.1, -0.05) is 55.3 Å². The molecule has 2 heterocycles. The Morgan fingerprint density at radius 3 is 2.44 bits per heavy atom. The van der Waals surface area contributed by atoms with Gasteiger partial charge in [-0.3, -0.25) is 4.79 Å². The van der Waals surface area contributed by atoms with Gasteiger partial charge in [-0.05, 0) is 31.0 Å². The van der Waals surface area contributed by atoms with Crippen LogP contribution in [0.25, 0.3) is 16.8 Å². The highest BCUT2D eigenvalue weighted by atomic mass is 16.1. The molecule has 0 amide bonds. The highest BCUT2D eigenvalue weighted by molar-refractivity contribution is 5.80. The van der Waals surface area contributed by atoms with Crippen molar-refractivity contribution < 1.29 is 0 Å². The number of rotatable bonds is 4. The molecule has 0 aliphatic rings. The molecule has 2 aromatic heterocycles. The second-order valence-electron chi connectivity index (χ2n) is 6.53. The maximum Gasteiger partial charge on any atom is 0.259 e. The van der Waals surface area contributed by atoms with Gasteiger partial charge in [0.15, 0.2) is 0 Å². The first-order valence-electron chi connectivity index (χ1n) is 8.73. The molecule has 0 unspecified atom stereocenters. The van der Waals surface area contributed by atoms with Crippen LogP contribution in [0.1, 0.15) is 30.2 Å². The maximum atomic E-state index is 12.7. The van der Waals surface area contributed by atoms with Gasteiger partial charge in [-0.2, -0.15) is 0 Å². The molecule has 4 nitrogen and oxygen atoms in total. The van der Waals surface area contributed by atoms with E-state index >= 15 is 0 Å². The molecular weight excluding hydrogens is 310 g/mol. The molecule has 2 aromatic carbocycles. The number of fused-ring (bicyclic) bond motifs is 3. The van der Waals surface area contributed by atoms with Crippen LogP contribution in [0, 0.1) is 6.92 Å². The van der Waals surface area contributed by atoms with E-state index in [0.717, 1.165) is 35.3 Å². The van der Waals surface area contributed by atoms with Crippen LogP contribution in [-0.2, 0) is 13.0 Å². The van der Waals surface area contributed by atoms with Crippen LogP contribution in [0.2, 0.25) is 0 Å². The first-order chi connectivity index (χ1) is 12.2. The number of aromatic nitrogens is 3. The average molecular weight is 331 g/mol. The number of hydrogen-bond donors (Lipinski definition) is 0. The molecule has 0 radical (unpaired) electrons. The minimum absolute atomic E-state index is 0.00712. The Kier molecular flexibility index (Phi) is 3.88. The lowest BCUT2D eigenvalue weighted by molar-refractivity contribution is 0.809. The zero-order valence-corrected chi connectivity index (χ0v) is 14.6. The third kappa shape index (κ3) is 2.74. The predicted octanol–water partition coefficient (Wildman–Crippen LogP) is 3.96. The van der Waals surface area contributed by atoms with E-state index in [1.165, 1.54) is 11.1 Å². The van der Waals surface area contributed by atoms with Crippen molar-refractivity contribution in [2.75, 3.05) is 0 Å². The Bertz CT molecular complexity index is 1100. The zero-order chi connectivity index (χ0) is 17.4. The third-order valence-corrected chi connectivity index (χ3v) is 4.58. The van der Waals surface area contributed by atoms with Crippen molar-refractivity contribution in [3.8, 4) is 0 Å². The van der Waals surface area contributed by atoms with Gasteiger partial charge < -0.3 is 4.57 Å². The summed E-state index contributed by atoms with van der Waals surface area (Å²) in [5.41, 5.74) is 5.23. The molecule has 25 heavy (non-hydrogen) atoms. The van der Waals surface area contributed by atoms with Crippen LogP contribution in [0.4, 0.5) is 0 Å². The van der Waals surface area contributed by atoms with Gasteiger partial charge >= 0.3 is 0 Å². The molecular formula is C21H21N3O. The number of hydrogen-bond acceptors (Lipinski definition) is 2. The number of imidazole rings is 1. The summed E-state index contributed by atoms with van der Waals surface area (Å²) in [7, 11) is 0. The molecule has 0 N–H and O–H groups in total. The van der Waals surface area contributed by atoms with Crippen LogP contribution < -0.4 is 5.56 Å². The summed E-state index contributed by atoms with van der Waals surface area (Å²) < 4.78 is 3.86. The van der Waals surface area contributed by atoms with Crippen molar-refractivity contribution in [1.82, 2.24) is 14.0 Å². The van der Waals surface area contributed by atoms with E-state index < -0.39 is 0 Å². The van der Waals surface area contributed by atoms with Crippen LogP contribution in [0.5, 0.6) is 0 Å². The molecule has 0 atom stereocenters. The summed E-state index contributed by atoms with van der Waals surface area (Å²) >= 11 is 0. The van der Waals surface area contributed by atoms with Gasteiger partial charge in [-0.25, -0.2) is 9.38 Å². The number of para-hydroxylation sites is 2. The molecule has 4 aromatic rings. The molecule has 0 aliphatic carbocycles. The fourth-order valence-corrected chi connectivity index (χ4v) is 3.33. The summed E-state index contributed by atoms with van der Waals surface area (Å²) in [4.78, 5) is 17.5. The van der Waals surface area contributed by atoms with Gasteiger partial charge in [0.2, 0.25) is 5.78 Å². The summed E-state index contributed by atoms with van der Waals surface area (Å²) in [6, 6.07) is 18.2. The molecule has 0 aliphatic heterocycles. The van der Waals surface area contributed by atoms with Gasteiger partial charge in [0, 0.05) is 11.8 Å². The van der Waals surface area contributed by atoms with Crippen molar-refractivity contribution in [3.05, 3.63) is 81.8 Å². The summed E-state index contributed by atoms with van der Waals surface area (Å²) in [6.07, 6.45) is 1.79. The lowest BCUT2D eigenvalue weighted by Gasteiger charge is -2.07. The van der Waals surface area contributed by atoms with Gasteiger partial charge in [0.05, 0.1) is 17.6 Å². The minimum Gasteiger partial charge on any atom is -0.305 e. The van der Waals surface area contributed by atoms with Crippen molar-refractivity contribution >= 4 is 16.8 Å². The van der Waals surface area contributed by atoms with Crippen LogP contribution >= 0.6 is 0 Å². The van der Waals surface area contributed by atoms with Crippen LogP contribution in [0.3, 0.4) is 0 Å². The molecule has 126 valence electrons. The summed E-state index contributed by atoms with van der Waals surface area (Å²) in [5, 5.41) is 0. The number of aryl methyl sites for hydroxylation is 2. The second-order valence-corrected chi connectivity index (χ2v) is 6.53. The zero-order valence-electron chi connectivity index (χ0n) is 14.6. The van der Waals surface area contributed by atoms with Crippen molar-refractivity contribution in [3.63, 3.8) is 0 Å². The van der Waals surface area contributed by atoms with Crippen molar-refractivity contribution in [2.24, 2.45) is 0 Å². The fourth-order valence-electron chi connectivity index (χ4n) is 3.33. The summed E-state index contributed by atoms with van der Waals surface area (Å²) in [6.45, 7) is 4.88. The van der Waals surface area contributed by atoms with E-state index in [1.807, 2.05) is 18.2 Å². The van der Waals surface area contributed by atoms with E-state index in [4.69, 9.17) is 4.98 Å². The molecule has 4 heteroatoms. The van der Waals surface area contributed by atoms with E-state index in [-0.39, 0.29) is 5.56 Å². The molecule has 0 saturated carbocycles. The Morgan fingerprint density at radius 2 is 1.72 bits per heavy atom. The first kappa shape index (κ1) is 15.6. The lowest BCUT2D eigenvalue weighted by Crippen LogP contribution is -2.16. The highest BCUT2D eigenvalue weighted by Crippen LogP contribution is 2.20. The van der Waals surface area contributed by atoms with Gasteiger partial charge in [0.25, 0.3) is 5.56 Å². The van der Waals surface area contributed by atoms with E-state index in [0.29, 0.717) is 6.54 Å². The average Bonchev–Trinajstić information content (AvgIpc) is 2.92. The van der Waals surface area contributed by atoms with Crippen LogP contribution in [0.15, 0.2) is 59.4 Å². The topological polar surface area (TPSA) is 39.3 Å². The lowest BCUT2D eigenvalue weighted by atomic mass is 10.1. The van der Waals surface area contributed by atoms with E-state index in [9.17, 15) is 4.79 Å². The normalized spacial score (nSPS) is 11.4. The largest absolute Gasteiger partial charge is 0.305 e. The van der Waals surface area contributed by atoms with Crippen molar-refractivity contribution in [2.45, 2.75) is 33.2 Å². The SMILES string of the molecule is CCCc1cc(=O)n2c3ccccc3n(Cc3ccc(C)cc3)c2n1. The maximum absolute atomic E-state index is 12.7.